The quantitative estimate of drug-likeness (QED) is 0.366. The van der Waals surface area contributed by atoms with Crippen LogP contribution in [0.15, 0.2) is 84.9 Å². The van der Waals surface area contributed by atoms with Gasteiger partial charge in [-0.25, -0.2) is 12.8 Å². The van der Waals surface area contributed by atoms with E-state index < -0.39 is 34.3 Å². The van der Waals surface area contributed by atoms with Crippen molar-refractivity contribution in [3.8, 4) is 0 Å². The number of carbonyl (C=O) groups is 2. The highest BCUT2D eigenvalue weighted by Crippen LogP contribution is 2.24. The molecule has 1 aliphatic rings. The van der Waals surface area contributed by atoms with Gasteiger partial charge in [0, 0.05) is 19.0 Å². The van der Waals surface area contributed by atoms with E-state index in [4.69, 9.17) is 0 Å². The number of halogens is 1. The highest BCUT2D eigenvalue weighted by Gasteiger charge is 2.34. The number of para-hydroxylation sites is 1. The Balaban J connectivity index is 1.71. The maximum atomic E-state index is 14.7. The minimum Gasteiger partial charge on any atom is -0.352 e. The van der Waals surface area contributed by atoms with Gasteiger partial charge in [0.15, 0.2) is 0 Å². The Kier molecular flexibility index (Phi) is 9.93. The highest BCUT2D eigenvalue weighted by atomic mass is 32.2. The van der Waals surface area contributed by atoms with Crippen molar-refractivity contribution in [1.82, 2.24) is 10.2 Å². The van der Waals surface area contributed by atoms with E-state index in [2.05, 4.69) is 5.32 Å². The second-order valence-corrected chi connectivity index (χ2v) is 12.2. The summed E-state index contributed by atoms with van der Waals surface area (Å²) in [5.41, 5.74) is 1.44. The molecule has 1 fully saturated rings. The first-order chi connectivity index (χ1) is 19.2. The van der Waals surface area contributed by atoms with E-state index in [-0.39, 0.29) is 30.6 Å². The Morgan fingerprint density at radius 1 is 0.875 bits per heavy atom. The van der Waals surface area contributed by atoms with Crippen LogP contribution in [-0.2, 0) is 32.6 Å². The van der Waals surface area contributed by atoms with Gasteiger partial charge in [0.25, 0.3) is 0 Å². The summed E-state index contributed by atoms with van der Waals surface area (Å²) in [6.07, 6.45) is 6.15. The molecule has 40 heavy (non-hydrogen) atoms. The van der Waals surface area contributed by atoms with Crippen molar-refractivity contribution in [2.24, 2.45) is 0 Å². The van der Waals surface area contributed by atoms with Gasteiger partial charge in [0.2, 0.25) is 21.8 Å². The first kappa shape index (κ1) is 29.3. The fourth-order valence-electron chi connectivity index (χ4n) is 5.13. The van der Waals surface area contributed by atoms with E-state index in [0.717, 1.165) is 59.9 Å². The molecule has 0 heterocycles. The summed E-state index contributed by atoms with van der Waals surface area (Å²) in [6, 6.07) is 23.2. The van der Waals surface area contributed by atoms with Gasteiger partial charge in [-0.3, -0.25) is 13.9 Å². The number of benzene rings is 3. The zero-order valence-electron chi connectivity index (χ0n) is 22.7. The minimum atomic E-state index is -4.02. The largest absolute Gasteiger partial charge is 0.352 e. The van der Waals surface area contributed by atoms with Crippen molar-refractivity contribution < 1.29 is 22.4 Å². The molecular weight excluding hydrogens is 529 g/mol. The van der Waals surface area contributed by atoms with Gasteiger partial charge < -0.3 is 10.2 Å². The van der Waals surface area contributed by atoms with Crippen molar-refractivity contribution in [2.75, 3.05) is 17.1 Å². The summed E-state index contributed by atoms with van der Waals surface area (Å²) in [4.78, 5) is 29.3. The molecular formula is C31H36FN3O4S. The standard InChI is InChI=1S/C31H36FN3O4S/c1-40(38,39)35(28-20-12-11-19-27(28)32)23-30(36)34(22-25-15-7-3-8-16-25)29(21-24-13-5-2-6-14-24)31(37)33-26-17-9-4-10-18-26/h2-3,5-8,11-16,19-20,26,29H,4,9-10,17-18,21-23H2,1H3,(H,33,37)/t29-/m0/s1. The van der Waals surface area contributed by atoms with Crippen molar-refractivity contribution >= 4 is 27.5 Å². The van der Waals surface area contributed by atoms with Gasteiger partial charge in [-0.2, -0.15) is 0 Å². The Bertz CT molecular complexity index is 1380. The average molecular weight is 566 g/mol. The Labute approximate surface area is 236 Å². The smallest absolute Gasteiger partial charge is 0.244 e. The first-order valence-corrected chi connectivity index (χ1v) is 15.5. The number of nitrogens with zero attached hydrogens (tertiary/aromatic N) is 2. The van der Waals surface area contributed by atoms with E-state index in [0.29, 0.717) is 0 Å². The lowest BCUT2D eigenvalue weighted by atomic mass is 9.94. The number of hydrogen-bond acceptors (Lipinski definition) is 4. The van der Waals surface area contributed by atoms with Crippen LogP contribution in [0, 0.1) is 5.82 Å². The molecule has 1 atom stereocenters. The van der Waals surface area contributed by atoms with Gasteiger partial charge in [0.1, 0.15) is 18.4 Å². The molecule has 1 aliphatic carbocycles. The van der Waals surface area contributed by atoms with Crippen molar-refractivity contribution in [1.29, 1.82) is 0 Å². The summed E-state index contributed by atoms with van der Waals surface area (Å²) in [6.45, 7) is -0.557. The number of anilines is 1. The Morgan fingerprint density at radius 2 is 1.45 bits per heavy atom. The van der Waals surface area contributed by atoms with Crippen molar-refractivity contribution in [3.05, 3.63) is 102 Å². The van der Waals surface area contributed by atoms with Crippen LogP contribution < -0.4 is 9.62 Å². The number of sulfonamides is 1. The van der Waals surface area contributed by atoms with E-state index >= 15 is 0 Å². The number of rotatable bonds is 11. The molecule has 0 aliphatic heterocycles. The molecule has 3 aromatic carbocycles. The third-order valence-corrected chi connectivity index (χ3v) is 8.35. The maximum Gasteiger partial charge on any atom is 0.244 e. The minimum absolute atomic E-state index is 0.0270. The number of carbonyl (C=O) groups excluding carboxylic acids is 2. The SMILES string of the molecule is CS(=O)(=O)N(CC(=O)N(Cc1ccccc1)[C@@H](Cc1ccccc1)C(=O)NC1CCCCC1)c1ccccc1F. The van der Waals surface area contributed by atoms with Crippen molar-refractivity contribution in [3.63, 3.8) is 0 Å². The van der Waals surface area contributed by atoms with Crippen LogP contribution in [0.25, 0.3) is 0 Å². The second-order valence-electron chi connectivity index (χ2n) is 10.3. The molecule has 0 spiro atoms. The van der Waals surface area contributed by atoms with Crippen LogP contribution in [0.4, 0.5) is 10.1 Å². The lowest BCUT2D eigenvalue weighted by Gasteiger charge is -2.35. The molecule has 0 bridgehead atoms. The van der Waals surface area contributed by atoms with Crippen LogP contribution >= 0.6 is 0 Å². The average Bonchev–Trinajstić information content (AvgIpc) is 2.95. The van der Waals surface area contributed by atoms with E-state index in [1.165, 1.54) is 23.1 Å². The first-order valence-electron chi connectivity index (χ1n) is 13.6. The molecule has 0 aromatic heterocycles. The summed E-state index contributed by atoms with van der Waals surface area (Å²) >= 11 is 0. The van der Waals surface area contributed by atoms with E-state index in [1.807, 2.05) is 60.7 Å². The number of hydrogen-bond donors (Lipinski definition) is 1. The van der Waals surface area contributed by atoms with Crippen LogP contribution in [0.5, 0.6) is 0 Å². The Hall–Kier alpha value is -3.72. The highest BCUT2D eigenvalue weighted by molar-refractivity contribution is 7.92. The molecule has 2 amide bonds. The third kappa shape index (κ3) is 7.91. The fraction of sp³-hybridized carbons (Fsp3) is 0.355. The number of amides is 2. The predicted molar refractivity (Wildman–Crippen MR) is 155 cm³/mol. The molecule has 0 unspecified atom stereocenters. The van der Waals surface area contributed by atoms with E-state index in [9.17, 15) is 22.4 Å². The lowest BCUT2D eigenvalue weighted by Crippen LogP contribution is -2.55. The van der Waals surface area contributed by atoms with Crippen LogP contribution in [0.3, 0.4) is 0 Å². The monoisotopic (exact) mass is 565 g/mol. The second kappa shape index (κ2) is 13.6. The molecule has 0 saturated heterocycles. The molecule has 1 N–H and O–H groups in total. The molecule has 0 radical (unpaired) electrons. The summed E-state index contributed by atoms with van der Waals surface area (Å²) in [7, 11) is -4.02. The molecule has 4 rings (SSSR count). The normalized spacial score (nSPS) is 14.8. The third-order valence-electron chi connectivity index (χ3n) is 7.22. The summed E-state index contributed by atoms with van der Waals surface area (Å²) < 4.78 is 41.0. The van der Waals surface area contributed by atoms with E-state index in [1.54, 1.807) is 0 Å². The zero-order valence-corrected chi connectivity index (χ0v) is 23.5. The molecule has 7 nitrogen and oxygen atoms in total. The molecule has 1 saturated carbocycles. The maximum absolute atomic E-state index is 14.7. The van der Waals surface area contributed by atoms with Gasteiger partial charge in [0.05, 0.1) is 11.9 Å². The van der Waals surface area contributed by atoms with Crippen LogP contribution in [0.2, 0.25) is 0 Å². The predicted octanol–water partition coefficient (Wildman–Crippen LogP) is 4.68. The summed E-state index contributed by atoms with van der Waals surface area (Å²) in [5, 5.41) is 3.16. The zero-order chi connectivity index (χ0) is 28.5. The van der Waals surface area contributed by atoms with Gasteiger partial charge in [-0.15, -0.1) is 0 Å². The molecule has 3 aromatic rings. The Morgan fingerprint density at radius 3 is 2.05 bits per heavy atom. The van der Waals surface area contributed by atoms with Crippen LogP contribution in [-0.4, -0.2) is 50.0 Å². The summed E-state index contributed by atoms with van der Waals surface area (Å²) in [5.74, 6) is -1.64. The fourth-order valence-corrected chi connectivity index (χ4v) is 5.98. The number of nitrogens with one attached hydrogen (secondary N) is 1. The molecule has 9 heteroatoms. The van der Waals surface area contributed by atoms with Crippen molar-refractivity contribution in [2.45, 2.75) is 57.2 Å². The lowest BCUT2D eigenvalue weighted by molar-refractivity contribution is -0.140. The van der Waals surface area contributed by atoms with Gasteiger partial charge in [-0.05, 0) is 36.1 Å². The van der Waals surface area contributed by atoms with Gasteiger partial charge >= 0.3 is 0 Å². The van der Waals surface area contributed by atoms with Gasteiger partial charge in [-0.1, -0.05) is 92.1 Å². The molecule has 212 valence electrons. The van der Waals surface area contributed by atoms with Crippen LogP contribution in [0.1, 0.15) is 43.2 Å². The topological polar surface area (TPSA) is 86.8 Å².